The summed E-state index contributed by atoms with van der Waals surface area (Å²) in [5.41, 5.74) is 8.88. The maximum absolute atomic E-state index is 13.3. The molecule has 15 heteroatoms. The Morgan fingerprint density at radius 1 is 1.11 bits per heavy atom. The van der Waals surface area contributed by atoms with Crippen LogP contribution < -0.4 is 17.0 Å². The number of ether oxygens (including phenoxy) is 1. The standard InChI is InChI=1S/C20H24N2O3.C9H14N5O4P/c1-11(2)16-17(18(23)15-8-12(3)7-13(4)9-15)22(10-14-5-6-14)20(25)21-19(16)24;1-6(18-5-19(15,16)17)2-14-4-13-7-8(10)11-3-12-9(7)14/h7-9,11,14H,5-6,10H2,1-4H3,(H,21,24,25);3-4,6H,2,5H2,1H3,(H2,10,11,12)(H2,15,16,17)/t;6-/m.1/s1. The quantitative estimate of drug-likeness (QED) is 0.148. The van der Waals surface area contributed by atoms with Crippen molar-refractivity contribution in [1.29, 1.82) is 0 Å². The fraction of sp³-hybridized carbons (Fsp3) is 0.448. The highest BCUT2D eigenvalue weighted by atomic mass is 31.2. The van der Waals surface area contributed by atoms with Gasteiger partial charge in [0.15, 0.2) is 11.5 Å². The number of imidazole rings is 1. The van der Waals surface area contributed by atoms with E-state index in [0.717, 1.165) is 24.0 Å². The van der Waals surface area contributed by atoms with E-state index in [0.29, 0.717) is 41.3 Å². The lowest BCUT2D eigenvalue weighted by molar-refractivity contribution is 0.0764. The Balaban J connectivity index is 0.000000209. The first-order valence-electron chi connectivity index (χ1n) is 14.2. The number of aromatic amines is 1. The van der Waals surface area contributed by atoms with E-state index in [2.05, 4.69) is 19.9 Å². The Morgan fingerprint density at radius 2 is 1.77 bits per heavy atom. The molecule has 0 spiro atoms. The Labute approximate surface area is 253 Å². The lowest BCUT2D eigenvalue weighted by Crippen LogP contribution is -2.38. The van der Waals surface area contributed by atoms with E-state index in [1.54, 1.807) is 11.5 Å². The van der Waals surface area contributed by atoms with Crippen molar-refractivity contribution in [3.63, 3.8) is 0 Å². The number of nitrogens with two attached hydrogens (primary N) is 1. The van der Waals surface area contributed by atoms with Crippen molar-refractivity contribution in [3.8, 4) is 0 Å². The molecule has 236 valence electrons. The molecule has 0 unspecified atom stereocenters. The van der Waals surface area contributed by atoms with Crippen LogP contribution in [-0.2, 0) is 22.4 Å². The molecule has 14 nitrogen and oxygen atoms in total. The number of anilines is 1. The van der Waals surface area contributed by atoms with E-state index >= 15 is 0 Å². The van der Waals surface area contributed by atoms with Crippen molar-refractivity contribution in [2.45, 2.75) is 72.6 Å². The highest BCUT2D eigenvalue weighted by Crippen LogP contribution is 2.34. The normalized spacial score (nSPS) is 14.0. The highest BCUT2D eigenvalue weighted by molar-refractivity contribution is 7.51. The van der Waals surface area contributed by atoms with Gasteiger partial charge in [-0.2, -0.15) is 0 Å². The maximum atomic E-state index is 13.3. The SMILES string of the molecule is C[C@H](Cn1cnc2c(N)ncnc21)OCP(=O)(O)O.Cc1cc(C)cc(C(=O)c2c(C(C)C)c(=O)[nH]c(=O)n2CC2CC2)c1. The Bertz CT molecular complexity index is 1820. The van der Waals surface area contributed by atoms with E-state index in [1.807, 2.05) is 45.9 Å². The van der Waals surface area contributed by atoms with Crippen LogP contribution in [0.4, 0.5) is 5.82 Å². The fourth-order valence-corrected chi connectivity index (χ4v) is 5.38. The third kappa shape index (κ3) is 8.14. The van der Waals surface area contributed by atoms with Crippen LogP contribution in [0.15, 0.2) is 40.4 Å². The zero-order valence-corrected chi connectivity index (χ0v) is 26.2. The monoisotopic (exact) mass is 627 g/mol. The van der Waals surface area contributed by atoms with Gasteiger partial charge in [0, 0.05) is 17.7 Å². The van der Waals surface area contributed by atoms with Crippen LogP contribution in [-0.4, -0.2) is 57.1 Å². The second-order valence-corrected chi connectivity index (χ2v) is 13.1. The molecule has 1 aromatic carbocycles. The zero-order valence-electron chi connectivity index (χ0n) is 25.4. The summed E-state index contributed by atoms with van der Waals surface area (Å²) in [6.45, 7) is 10.1. The average molecular weight is 628 g/mol. The number of nitrogens with zero attached hydrogens (tertiary/aromatic N) is 5. The van der Waals surface area contributed by atoms with Crippen molar-refractivity contribution in [3.05, 3.63) is 79.6 Å². The van der Waals surface area contributed by atoms with Gasteiger partial charge in [0.2, 0.25) is 5.78 Å². The number of hydrogen-bond acceptors (Lipinski definition) is 9. The summed E-state index contributed by atoms with van der Waals surface area (Å²) in [4.78, 5) is 69.9. The predicted molar refractivity (Wildman–Crippen MR) is 165 cm³/mol. The highest BCUT2D eigenvalue weighted by Gasteiger charge is 2.29. The third-order valence-corrected chi connectivity index (χ3v) is 7.55. The van der Waals surface area contributed by atoms with Crippen LogP contribution in [0.25, 0.3) is 11.2 Å². The molecule has 0 amide bonds. The molecule has 1 saturated carbocycles. The van der Waals surface area contributed by atoms with Crippen molar-refractivity contribution in [2.24, 2.45) is 5.92 Å². The largest absolute Gasteiger partial charge is 0.382 e. The van der Waals surface area contributed by atoms with Crippen molar-refractivity contribution in [2.75, 3.05) is 12.1 Å². The number of benzene rings is 1. The lowest BCUT2D eigenvalue weighted by Gasteiger charge is -2.17. The molecule has 3 aromatic heterocycles. The average Bonchev–Trinajstić information content (AvgIpc) is 3.66. The van der Waals surface area contributed by atoms with Crippen LogP contribution >= 0.6 is 7.60 Å². The van der Waals surface area contributed by atoms with Gasteiger partial charge in [-0.15, -0.1) is 0 Å². The van der Waals surface area contributed by atoms with Gasteiger partial charge >= 0.3 is 13.3 Å². The van der Waals surface area contributed by atoms with E-state index in [1.165, 1.54) is 17.2 Å². The summed E-state index contributed by atoms with van der Waals surface area (Å²) >= 11 is 0. The van der Waals surface area contributed by atoms with Gasteiger partial charge in [0.05, 0.1) is 19.0 Å². The second kappa shape index (κ2) is 13.3. The smallest absolute Gasteiger partial charge is 0.350 e. The van der Waals surface area contributed by atoms with Crippen molar-refractivity contribution < 1.29 is 23.9 Å². The van der Waals surface area contributed by atoms with Gasteiger partial charge in [-0.25, -0.2) is 19.7 Å². The fourth-order valence-electron chi connectivity index (χ4n) is 4.93. The Hall–Kier alpha value is -3.97. The minimum Gasteiger partial charge on any atom is -0.382 e. The van der Waals surface area contributed by atoms with Crippen LogP contribution in [0.3, 0.4) is 0 Å². The molecule has 5 N–H and O–H groups in total. The van der Waals surface area contributed by atoms with Gasteiger partial charge in [0.1, 0.15) is 23.9 Å². The van der Waals surface area contributed by atoms with Crippen LogP contribution in [0.1, 0.15) is 72.3 Å². The number of rotatable bonds is 10. The second-order valence-electron chi connectivity index (χ2n) is 11.5. The van der Waals surface area contributed by atoms with E-state index in [-0.39, 0.29) is 23.2 Å². The molecule has 3 heterocycles. The molecule has 1 aliphatic carbocycles. The molecule has 1 atom stereocenters. The summed E-state index contributed by atoms with van der Waals surface area (Å²) in [6, 6.07) is 5.62. The number of nitrogen functional groups attached to an aromatic ring is 1. The topological polar surface area (TPSA) is 208 Å². The number of hydrogen-bond donors (Lipinski definition) is 4. The summed E-state index contributed by atoms with van der Waals surface area (Å²) < 4.78 is 19.0. The Kier molecular flexibility index (Phi) is 9.99. The van der Waals surface area contributed by atoms with Gasteiger partial charge < -0.3 is 24.8 Å². The number of H-pyrrole nitrogens is 1. The number of carbonyl (C=O) groups excluding carboxylic acids is 1. The van der Waals surface area contributed by atoms with E-state index < -0.39 is 31.3 Å². The van der Waals surface area contributed by atoms with Crippen LogP contribution in [0.5, 0.6) is 0 Å². The van der Waals surface area contributed by atoms with Crippen LogP contribution in [0, 0.1) is 19.8 Å². The number of nitrogens with one attached hydrogen (secondary N) is 1. The molecule has 5 rings (SSSR count). The van der Waals surface area contributed by atoms with Gasteiger partial charge in [0.25, 0.3) is 5.56 Å². The first kappa shape index (κ1) is 32.9. The first-order valence-corrected chi connectivity index (χ1v) is 16.0. The summed E-state index contributed by atoms with van der Waals surface area (Å²) in [7, 11) is -4.16. The van der Waals surface area contributed by atoms with Crippen molar-refractivity contribution in [1.82, 2.24) is 29.1 Å². The first-order chi connectivity index (χ1) is 20.6. The number of aromatic nitrogens is 6. The number of ketones is 1. The molecule has 1 fully saturated rings. The predicted octanol–water partition coefficient (Wildman–Crippen LogP) is 2.87. The number of fused-ring (bicyclic) bond motifs is 1. The molecule has 0 bridgehead atoms. The van der Waals surface area contributed by atoms with Crippen LogP contribution in [0.2, 0.25) is 0 Å². The molecule has 1 aliphatic rings. The molecule has 0 aliphatic heterocycles. The minimum absolute atomic E-state index is 0.153. The lowest BCUT2D eigenvalue weighted by atomic mass is 9.95. The van der Waals surface area contributed by atoms with Gasteiger partial charge in [-0.05, 0) is 57.6 Å². The molecule has 44 heavy (non-hydrogen) atoms. The molecular formula is C29H38N7O7P. The van der Waals surface area contributed by atoms with Gasteiger partial charge in [-0.1, -0.05) is 31.0 Å². The van der Waals surface area contributed by atoms with E-state index in [9.17, 15) is 18.9 Å². The Morgan fingerprint density at radius 3 is 2.36 bits per heavy atom. The summed E-state index contributed by atoms with van der Waals surface area (Å²) in [5.74, 6) is 0.293. The minimum atomic E-state index is -4.16. The zero-order chi connectivity index (χ0) is 32.3. The number of carbonyl (C=O) groups is 1. The summed E-state index contributed by atoms with van der Waals surface area (Å²) in [6.07, 6.45) is 3.96. The maximum Gasteiger partial charge on any atom is 0.350 e. The van der Waals surface area contributed by atoms with Crippen molar-refractivity contribution >= 4 is 30.4 Å². The number of aryl methyl sites for hydroxylation is 2. The van der Waals surface area contributed by atoms with E-state index in [4.69, 9.17) is 20.3 Å². The third-order valence-electron chi connectivity index (χ3n) is 7.06. The van der Waals surface area contributed by atoms with Gasteiger partial charge in [-0.3, -0.25) is 23.7 Å². The molecular weight excluding hydrogens is 589 g/mol. The molecule has 0 radical (unpaired) electrons. The molecule has 0 saturated heterocycles. The molecule has 4 aromatic rings. The summed E-state index contributed by atoms with van der Waals surface area (Å²) in [5, 5.41) is 0.